The molecule has 25 heavy (non-hydrogen) atoms. The molecule has 0 saturated carbocycles. The van der Waals surface area contributed by atoms with Crippen LogP contribution in [0.3, 0.4) is 0 Å². The molecule has 2 heterocycles. The third-order valence-corrected chi connectivity index (χ3v) is 4.34. The number of aryl methyl sites for hydroxylation is 1. The molecular formula is C18H25N5O2. The Balaban J connectivity index is 1.60. The molecule has 0 spiro atoms. The first-order valence-electron chi connectivity index (χ1n) is 8.70. The zero-order valence-electron chi connectivity index (χ0n) is 14.5. The van der Waals surface area contributed by atoms with Crippen molar-refractivity contribution in [1.29, 1.82) is 0 Å². The van der Waals surface area contributed by atoms with E-state index in [9.17, 15) is 4.79 Å². The highest BCUT2D eigenvalue weighted by atomic mass is 16.5. The molecule has 2 N–H and O–H groups in total. The van der Waals surface area contributed by atoms with Crippen LogP contribution < -0.4 is 10.6 Å². The standard InChI is InChI=1S/C18H25N5O2/c1-2-23-14-16(12-20-23)21-18(24)19-13-17(15-6-4-3-5-7-15)22-8-10-25-11-9-22/h3-7,12,14,17H,2,8-11,13H2,1H3,(H2,19,21,24)/t17-/m0/s1. The molecular weight excluding hydrogens is 318 g/mol. The Morgan fingerprint density at radius 1 is 1.28 bits per heavy atom. The molecule has 0 aliphatic carbocycles. The van der Waals surface area contributed by atoms with E-state index in [1.54, 1.807) is 10.9 Å². The third kappa shape index (κ3) is 4.80. The zero-order chi connectivity index (χ0) is 17.5. The lowest BCUT2D eigenvalue weighted by Gasteiger charge is -2.34. The van der Waals surface area contributed by atoms with Crippen molar-refractivity contribution in [3.05, 3.63) is 48.3 Å². The fourth-order valence-electron chi connectivity index (χ4n) is 2.99. The van der Waals surface area contributed by atoms with Crippen molar-refractivity contribution in [2.75, 3.05) is 38.2 Å². The van der Waals surface area contributed by atoms with E-state index in [0.717, 1.165) is 32.8 Å². The van der Waals surface area contributed by atoms with Crippen LogP contribution in [0.25, 0.3) is 0 Å². The van der Waals surface area contributed by atoms with Gasteiger partial charge in [0.05, 0.1) is 31.1 Å². The largest absolute Gasteiger partial charge is 0.379 e. The van der Waals surface area contributed by atoms with Crippen LogP contribution in [-0.2, 0) is 11.3 Å². The first kappa shape index (κ1) is 17.4. The van der Waals surface area contributed by atoms with Crippen molar-refractivity contribution in [3.63, 3.8) is 0 Å². The predicted molar refractivity (Wildman–Crippen MR) is 96.5 cm³/mol. The number of urea groups is 1. The van der Waals surface area contributed by atoms with E-state index in [0.29, 0.717) is 12.2 Å². The van der Waals surface area contributed by atoms with Gasteiger partial charge in [0.15, 0.2) is 0 Å². The minimum Gasteiger partial charge on any atom is -0.379 e. The fraction of sp³-hybridized carbons (Fsp3) is 0.444. The molecule has 0 radical (unpaired) electrons. The number of benzene rings is 1. The van der Waals surface area contributed by atoms with Gasteiger partial charge in [-0.3, -0.25) is 9.58 Å². The molecule has 7 nitrogen and oxygen atoms in total. The highest BCUT2D eigenvalue weighted by Crippen LogP contribution is 2.21. The molecule has 0 bridgehead atoms. The average Bonchev–Trinajstić information content (AvgIpc) is 3.11. The minimum absolute atomic E-state index is 0.134. The molecule has 134 valence electrons. The van der Waals surface area contributed by atoms with Crippen molar-refractivity contribution >= 4 is 11.7 Å². The summed E-state index contributed by atoms with van der Waals surface area (Å²) < 4.78 is 7.23. The normalized spacial score (nSPS) is 16.4. The molecule has 1 aliphatic heterocycles. The van der Waals surface area contributed by atoms with Gasteiger partial charge in [0.2, 0.25) is 0 Å². The fourth-order valence-corrected chi connectivity index (χ4v) is 2.99. The summed E-state index contributed by atoms with van der Waals surface area (Å²) in [6, 6.07) is 10.2. The number of carbonyl (C=O) groups excluding carboxylic acids is 1. The number of ether oxygens (including phenoxy) is 1. The van der Waals surface area contributed by atoms with Gasteiger partial charge in [0, 0.05) is 32.4 Å². The van der Waals surface area contributed by atoms with Gasteiger partial charge in [0.25, 0.3) is 0 Å². The van der Waals surface area contributed by atoms with Gasteiger partial charge < -0.3 is 15.4 Å². The summed E-state index contributed by atoms with van der Waals surface area (Å²) in [5, 5.41) is 9.97. The Morgan fingerprint density at radius 3 is 2.72 bits per heavy atom. The van der Waals surface area contributed by atoms with Gasteiger partial charge in [-0.2, -0.15) is 5.10 Å². The Bertz CT molecular complexity index is 667. The maximum absolute atomic E-state index is 12.2. The quantitative estimate of drug-likeness (QED) is 0.843. The number of aromatic nitrogens is 2. The molecule has 2 amide bonds. The number of hydrogen-bond donors (Lipinski definition) is 2. The Kier molecular flexibility index (Phi) is 6.03. The Hall–Kier alpha value is -2.38. The number of anilines is 1. The molecule has 7 heteroatoms. The van der Waals surface area contributed by atoms with E-state index in [1.165, 1.54) is 5.56 Å². The number of rotatable bonds is 6. The second-order valence-electron chi connectivity index (χ2n) is 5.99. The van der Waals surface area contributed by atoms with Gasteiger partial charge in [-0.05, 0) is 12.5 Å². The number of nitrogens with one attached hydrogen (secondary N) is 2. The van der Waals surface area contributed by atoms with Gasteiger partial charge in [-0.15, -0.1) is 0 Å². The first-order chi connectivity index (χ1) is 12.3. The van der Waals surface area contributed by atoms with Crippen LogP contribution in [0.1, 0.15) is 18.5 Å². The summed E-state index contributed by atoms with van der Waals surface area (Å²) in [7, 11) is 0. The topological polar surface area (TPSA) is 71.4 Å². The molecule has 0 unspecified atom stereocenters. The molecule has 2 aromatic rings. The van der Waals surface area contributed by atoms with E-state index in [2.05, 4.69) is 32.8 Å². The molecule has 1 saturated heterocycles. The van der Waals surface area contributed by atoms with Crippen LogP contribution in [0.4, 0.5) is 10.5 Å². The Labute approximate surface area is 148 Å². The van der Waals surface area contributed by atoms with E-state index < -0.39 is 0 Å². The summed E-state index contributed by atoms with van der Waals surface area (Å²) >= 11 is 0. The lowest BCUT2D eigenvalue weighted by atomic mass is 10.0. The van der Waals surface area contributed by atoms with Crippen LogP contribution in [0, 0.1) is 0 Å². The summed E-state index contributed by atoms with van der Waals surface area (Å²) in [5.74, 6) is 0. The number of nitrogens with zero attached hydrogens (tertiary/aromatic N) is 3. The zero-order valence-corrected chi connectivity index (χ0v) is 14.5. The molecule has 1 aliphatic rings. The predicted octanol–water partition coefficient (Wildman–Crippen LogP) is 2.10. The maximum atomic E-state index is 12.2. The molecule has 1 atom stereocenters. The SMILES string of the molecule is CCn1cc(NC(=O)NC[C@@H](c2ccccc2)N2CCOCC2)cn1. The first-order valence-corrected chi connectivity index (χ1v) is 8.70. The molecule has 1 fully saturated rings. The van der Waals surface area contributed by atoms with Crippen LogP contribution in [0.5, 0.6) is 0 Å². The molecule has 3 rings (SSSR count). The highest BCUT2D eigenvalue weighted by Gasteiger charge is 2.23. The van der Waals surface area contributed by atoms with Crippen molar-refractivity contribution in [2.24, 2.45) is 0 Å². The van der Waals surface area contributed by atoms with Gasteiger partial charge in [-0.1, -0.05) is 30.3 Å². The number of hydrogen-bond acceptors (Lipinski definition) is 4. The van der Waals surface area contributed by atoms with Gasteiger partial charge in [-0.25, -0.2) is 4.79 Å². The summed E-state index contributed by atoms with van der Waals surface area (Å²) in [6.45, 7) is 6.51. The highest BCUT2D eigenvalue weighted by molar-refractivity contribution is 5.88. The lowest BCUT2D eigenvalue weighted by Crippen LogP contribution is -2.44. The summed E-state index contributed by atoms with van der Waals surface area (Å²) in [5.41, 5.74) is 1.89. The second-order valence-corrected chi connectivity index (χ2v) is 5.99. The van der Waals surface area contributed by atoms with E-state index in [1.807, 2.05) is 31.3 Å². The average molecular weight is 343 g/mol. The summed E-state index contributed by atoms with van der Waals surface area (Å²) in [6.07, 6.45) is 3.47. The van der Waals surface area contributed by atoms with E-state index in [4.69, 9.17) is 4.74 Å². The maximum Gasteiger partial charge on any atom is 0.319 e. The van der Waals surface area contributed by atoms with Gasteiger partial charge >= 0.3 is 6.03 Å². The lowest BCUT2D eigenvalue weighted by molar-refractivity contribution is 0.0168. The van der Waals surface area contributed by atoms with E-state index >= 15 is 0 Å². The number of carbonyl (C=O) groups is 1. The van der Waals surface area contributed by atoms with Crippen LogP contribution in [0.2, 0.25) is 0 Å². The smallest absolute Gasteiger partial charge is 0.319 e. The molecule has 1 aromatic heterocycles. The Morgan fingerprint density at radius 2 is 2.04 bits per heavy atom. The summed E-state index contributed by atoms with van der Waals surface area (Å²) in [4.78, 5) is 14.6. The van der Waals surface area contributed by atoms with Crippen LogP contribution in [0.15, 0.2) is 42.7 Å². The number of amides is 2. The van der Waals surface area contributed by atoms with Crippen LogP contribution in [-0.4, -0.2) is 53.6 Å². The minimum atomic E-state index is -0.218. The molecule has 1 aromatic carbocycles. The monoisotopic (exact) mass is 343 g/mol. The van der Waals surface area contributed by atoms with E-state index in [-0.39, 0.29) is 12.1 Å². The van der Waals surface area contributed by atoms with Crippen molar-refractivity contribution in [3.8, 4) is 0 Å². The third-order valence-electron chi connectivity index (χ3n) is 4.34. The van der Waals surface area contributed by atoms with Crippen molar-refractivity contribution in [1.82, 2.24) is 20.0 Å². The number of morpholine rings is 1. The van der Waals surface area contributed by atoms with Crippen LogP contribution >= 0.6 is 0 Å². The second kappa shape index (κ2) is 8.64. The van der Waals surface area contributed by atoms with Crippen molar-refractivity contribution in [2.45, 2.75) is 19.5 Å². The van der Waals surface area contributed by atoms with Gasteiger partial charge in [0.1, 0.15) is 0 Å². The van der Waals surface area contributed by atoms with Crippen molar-refractivity contribution < 1.29 is 9.53 Å².